The van der Waals surface area contributed by atoms with Crippen molar-refractivity contribution < 1.29 is 13.6 Å². The van der Waals surface area contributed by atoms with Gasteiger partial charge in [0.05, 0.1) is 18.8 Å². The molecule has 2 rings (SSSR count). The standard InChI is InChI=1S/C24H44O3Si2/c1-23(2,3)28(7,8)25-18-21(27-29(9,10)24(4,5)6)22-20(26-22)17-16-19-14-12-11-13-15-19/h11-15,20-22H,16-18H2,1-10H3/t20-,21-,22-/m1/s1. The Morgan fingerprint density at radius 1 is 0.897 bits per heavy atom. The molecule has 0 unspecified atom stereocenters. The number of hydrogen-bond acceptors (Lipinski definition) is 3. The van der Waals surface area contributed by atoms with Crippen LogP contribution in [0.15, 0.2) is 30.3 Å². The Hall–Kier alpha value is -0.466. The van der Waals surface area contributed by atoms with Crippen LogP contribution in [0.4, 0.5) is 0 Å². The van der Waals surface area contributed by atoms with Crippen LogP contribution in [0.25, 0.3) is 0 Å². The topological polar surface area (TPSA) is 31.0 Å². The molecule has 0 aromatic heterocycles. The van der Waals surface area contributed by atoms with Crippen molar-refractivity contribution in [3.8, 4) is 0 Å². The van der Waals surface area contributed by atoms with Crippen LogP contribution in [-0.2, 0) is 20.0 Å². The first kappa shape index (κ1) is 24.8. The maximum absolute atomic E-state index is 6.83. The first-order valence-electron chi connectivity index (χ1n) is 11.2. The molecule has 3 atom stereocenters. The van der Waals surface area contributed by atoms with Crippen molar-refractivity contribution >= 4 is 16.6 Å². The molecule has 3 nitrogen and oxygen atoms in total. The number of ether oxygens (including phenoxy) is 1. The van der Waals surface area contributed by atoms with E-state index in [1.165, 1.54) is 5.56 Å². The molecule has 5 heteroatoms. The van der Waals surface area contributed by atoms with Crippen molar-refractivity contribution in [3.05, 3.63) is 35.9 Å². The molecule has 0 saturated carbocycles. The molecule has 1 saturated heterocycles. The van der Waals surface area contributed by atoms with E-state index in [1.807, 2.05) is 0 Å². The van der Waals surface area contributed by atoms with Crippen LogP contribution in [0.5, 0.6) is 0 Å². The fraction of sp³-hybridized carbons (Fsp3) is 0.750. The molecule has 1 aromatic rings. The lowest BCUT2D eigenvalue weighted by atomic mass is 10.1. The summed E-state index contributed by atoms with van der Waals surface area (Å²) in [4.78, 5) is 0. The molecule has 0 N–H and O–H groups in total. The minimum absolute atomic E-state index is 0.0331. The van der Waals surface area contributed by atoms with E-state index in [-0.39, 0.29) is 28.4 Å². The predicted octanol–water partition coefficient (Wildman–Crippen LogP) is 6.80. The number of hydrogen-bond donors (Lipinski definition) is 0. The zero-order chi connectivity index (χ0) is 22.1. The van der Waals surface area contributed by atoms with Crippen LogP contribution in [0.2, 0.25) is 36.3 Å². The molecule has 0 spiro atoms. The number of aryl methyl sites for hydroxylation is 1. The SMILES string of the molecule is CC(C)(C)[Si](C)(C)OC[C@@H](O[Si](C)(C)C(C)(C)C)[C@@H]1O[C@@H]1CCc1ccccc1. The van der Waals surface area contributed by atoms with E-state index in [9.17, 15) is 0 Å². The molecule has 1 aliphatic rings. The Labute approximate surface area is 181 Å². The third kappa shape index (κ3) is 6.76. The molecule has 0 bridgehead atoms. The molecular weight excluding hydrogens is 392 g/mol. The van der Waals surface area contributed by atoms with Gasteiger partial charge in [-0.3, -0.25) is 0 Å². The summed E-state index contributed by atoms with van der Waals surface area (Å²) >= 11 is 0. The first-order valence-corrected chi connectivity index (χ1v) is 17.0. The van der Waals surface area contributed by atoms with Gasteiger partial charge >= 0.3 is 0 Å². The third-order valence-corrected chi connectivity index (χ3v) is 16.2. The van der Waals surface area contributed by atoms with Crippen LogP contribution < -0.4 is 0 Å². The van der Waals surface area contributed by atoms with Gasteiger partial charge in [0.15, 0.2) is 16.6 Å². The zero-order valence-corrected chi connectivity index (χ0v) is 22.5. The molecule has 1 fully saturated rings. The summed E-state index contributed by atoms with van der Waals surface area (Å²) in [7, 11) is -3.71. The number of benzene rings is 1. The Balaban J connectivity index is 2.03. The zero-order valence-electron chi connectivity index (χ0n) is 20.5. The number of rotatable bonds is 9. The second-order valence-electron chi connectivity index (χ2n) is 11.7. The van der Waals surface area contributed by atoms with Crippen molar-refractivity contribution in [1.29, 1.82) is 0 Å². The van der Waals surface area contributed by atoms with Crippen molar-refractivity contribution in [1.82, 2.24) is 0 Å². The van der Waals surface area contributed by atoms with Gasteiger partial charge < -0.3 is 13.6 Å². The summed E-state index contributed by atoms with van der Waals surface area (Å²) in [6.07, 6.45) is 2.58. The molecule has 1 heterocycles. The predicted molar refractivity (Wildman–Crippen MR) is 129 cm³/mol. The molecule has 1 aliphatic heterocycles. The monoisotopic (exact) mass is 436 g/mol. The van der Waals surface area contributed by atoms with Crippen molar-refractivity contribution in [2.75, 3.05) is 6.61 Å². The van der Waals surface area contributed by atoms with Crippen molar-refractivity contribution in [3.63, 3.8) is 0 Å². The molecule has 0 aliphatic carbocycles. The second-order valence-corrected chi connectivity index (χ2v) is 21.2. The van der Waals surface area contributed by atoms with Crippen LogP contribution in [0.1, 0.15) is 53.5 Å². The van der Waals surface area contributed by atoms with Gasteiger partial charge in [0.2, 0.25) is 0 Å². The fourth-order valence-corrected chi connectivity index (χ4v) is 5.25. The fourth-order valence-electron chi connectivity index (χ4n) is 2.93. The minimum atomic E-state index is -1.89. The van der Waals surface area contributed by atoms with E-state index in [0.29, 0.717) is 6.61 Å². The highest BCUT2D eigenvalue weighted by molar-refractivity contribution is 6.74. The van der Waals surface area contributed by atoms with Crippen LogP contribution in [-0.4, -0.2) is 41.6 Å². The highest BCUT2D eigenvalue weighted by Gasteiger charge is 2.50. The summed E-state index contributed by atoms with van der Waals surface area (Å²) in [5, 5.41) is 0.377. The average Bonchev–Trinajstić information content (AvgIpc) is 3.35. The van der Waals surface area contributed by atoms with Gasteiger partial charge in [0.1, 0.15) is 6.10 Å². The lowest BCUT2D eigenvalue weighted by Crippen LogP contribution is -2.49. The molecule has 0 radical (unpaired) electrons. The van der Waals surface area contributed by atoms with Gasteiger partial charge in [0.25, 0.3) is 0 Å². The normalized spacial score (nSPS) is 21.9. The van der Waals surface area contributed by atoms with E-state index in [0.717, 1.165) is 12.8 Å². The minimum Gasteiger partial charge on any atom is -0.414 e. The van der Waals surface area contributed by atoms with Gasteiger partial charge in [-0.2, -0.15) is 0 Å². The van der Waals surface area contributed by atoms with Crippen molar-refractivity contribution in [2.45, 2.75) is 109 Å². The van der Waals surface area contributed by atoms with E-state index < -0.39 is 16.6 Å². The maximum atomic E-state index is 6.83. The second kappa shape index (κ2) is 8.95. The summed E-state index contributed by atoms with van der Waals surface area (Å²) in [5.41, 5.74) is 1.38. The largest absolute Gasteiger partial charge is 0.414 e. The van der Waals surface area contributed by atoms with Crippen molar-refractivity contribution in [2.24, 2.45) is 0 Å². The average molecular weight is 437 g/mol. The van der Waals surface area contributed by atoms with E-state index in [1.54, 1.807) is 0 Å². The van der Waals surface area contributed by atoms with E-state index >= 15 is 0 Å². The maximum Gasteiger partial charge on any atom is 0.192 e. The molecule has 29 heavy (non-hydrogen) atoms. The van der Waals surface area contributed by atoms with Gasteiger partial charge in [-0.25, -0.2) is 0 Å². The molecule has 1 aromatic carbocycles. The lowest BCUT2D eigenvalue weighted by Gasteiger charge is -2.41. The first-order chi connectivity index (χ1) is 13.1. The molecule has 0 amide bonds. The highest BCUT2D eigenvalue weighted by Crippen LogP contribution is 2.42. The number of epoxide rings is 1. The smallest absolute Gasteiger partial charge is 0.192 e. The van der Waals surface area contributed by atoms with E-state index in [2.05, 4.69) is 98.1 Å². The summed E-state index contributed by atoms with van der Waals surface area (Å²) in [6, 6.07) is 10.7. The Morgan fingerprint density at radius 3 is 1.97 bits per heavy atom. The summed E-state index contributed by atoms with van der Waals surface area (Å²) in [6.45, 7) is 23.7. The van der Waals surface area contributed by atoms with Gasteiger partial charge in [-0.1, -0.05) is 71.9 Å². The Kier molecular flexibility index (Phi) is 7.66. The van der Waals surface area contributed by atoms with Crippen LogP contribution >= 0.6 is 0 Å². The van der Waals surface area contributed by atoms with Crippen LogP contribution in [0, 0.1) is 0 Å². The van der Waals surface area contributed by atoms with Gasteiger partial charge in [-0.05, 0) is 54.7 Å². The van der Waals surface area contributed by atoms with Gasteiger partial charge in [0, 0.05) is 0 Å². The summed E-state index contributed by atoms with van der Waals surface area (Å²) in [5.74, 6) is 0. The summed E-state index contributed by atoms with van der Waals surface area (Å²) < 4.78 is 19.6. The van der Waals surface area contributed by atoms with Crippen LogP contribution in [0.3, 0.4) is 0 Å². The highest BCUT2D eigenvalue weighted by atomic mass is 28.4. The molecule has 166 valence electrons. The lowest BCUT2D eigenvalue weighted by molar-refractivity contribution is 0.0827. The quantitative estimate of drug-likeness (QED) is 0.315. The van der Waals surface area contributed by atoms with Gasteiger partial charge in [-0.15, -0.1) is 0 Å². The van der Waals surface area contributed by atoms with E-state index in [4.69, 9.17) is 13.6 Å². The third-order valence-electron chi connectivity index (χ3n) is 7.22. The molecular formula is C24H44O3Si2. The Morgan fingerprint density at radius 2 is 1.45 bits per heavy atom. The Bertz CT molecular complexity index is 644.